The molecule has 0 aromatic heterocycles. The Morgan fingerprint density at radius 3 is 2.88 bits per heavy atom. The molecule has 1 unspecified atom stereocenters. The first kappa shape index (κ1) is 6.05. The van der Waals surface area contributed by atoms with Crippen LogP contribution in [0.25, 0.3) is 0 Å². The van der Waals surface area contributed by atoms with E-state index < -0.39 is 0 Å². The highest BCUT2D eigenvalue weighted by Gasteiger charge is 2.16. The summed E-state index contributed by atoms with van der Waals surface area (Å²) in [6.07, 6.45) is 2.40. The van der Waals surface area contributed by atoms with Crippen molar-refractivity contribution >= 4 is 0 Å². The van der Waals surface area contributed by atoms with Gasteiger partial charge in [0.05, 0.1) is 0 Å². The van der Waals surface area contributed by atoms with E-state index in [0.29, 0.717) is 6.04 Å². The maximum atomic E-state index is 4.89. The molecule has 0 saturated carbocycles. The van der Waals surface area contributed by atoms with Crippen molar-refractivity contribution in [1.82, 2.24) is 5.32 Å². The van der Waals surface area contributed by atoms with E-state index in [1.165, 1.54) is 6.42 Å². The van der Waals surface area contributed by atoms with Gasteiger partial charge in [-0.2, -0.15) is 0 Å². The molecule has 0 aliphatic carbocycles. The van der Waals surface area contributed by atoms with E-state index in [1.54, 1.807) is 7.11 Å². The summed E-state index contributed by atoms with van der Waals surface area (Å²) in [6.45, 7) is 1.95. The lowest BCUT2D eigenvalue weighted by Gasteiger charge is -2.24. The molecule has 2 nitrogen and oxygen atoms in total. The minimum Gasteiger partial charge on any atom is -0.385 e. The summed E-state index contributed by atoms with van der Waals surface area (Å²) in [7, 11) is 1.73. The van der Waals surface area contributed by atoms with Crippen LogP contribution in [-0.4, -0.2) is 26.3 Å². The number of hydrogen-bond donors (Lipinski definition) is 0. The van der Waals surface area contributed by atoms with Crippen molar-refractivity contribution in [2.75, 3.05) is 20.3 Å². The van der Waals surface area contributed by atoms with Gasteiger partial charge in [0.25, 0.3) is 0 Å². The van der Waals surface area contributed by atoms with Crippen molar-refractivity contribution in [3.05, 3.63) is 0 Å². The largest absolute Gasteiger partial charge is 0.385 e. The molecule has 0 aromatic carbocycles. The lowest BCUT2D eigenvalue weighted by Crippen LogP contribution is -2.36. The SMILES string of the molecule is COCCC1CC[N]1. The van der Waals surface area contributed by atoms with E-state index in [0.717, 1.165) is 19.6 Å². The third-order valence-electron chi connectivity index (χ3n) is 1.50. The summed E-state index contributed by atoms with van der Waals surface area (Å²) in [5, 5.41) is 4.23. The molecule has 0 N–H and O–H groups in total. The fourth-order valence-corrected chi connectivity index (χ4v) is 0.801. The van der Waals surface area contributed by atoms with Crippen molar-refractivity contribution in [2.45, 2.75) is 18.9 Å². The van der Waals surface area contributed by atoms with E-state index in [4.69, 9.17) is 4.74 Å². The summed E-state index contributed by atoms with van der Waals surface area (Å²) in [4.78, 5) is 0. The van der Waals surface area contributed by atoms with Crippen LogP contribution in [0, 0.1) is 0 Å². The maximum Gasteiger partial charge on any atom is 0.0477 e. The van der Waals surface area contributed by atoms with Gasteiger partial charge in [0.2, 0.25) is 0 Å². The Morgan fingerprint density at radius 2 is 2.50 bits per heavy atom. The molecule has 1 aliphatic heterocycles. The third-order valence-corrected chi connectivity index (χ3v) is 1.50. The molecular weight excluding hydrogens is 102 g/mol. The standard InChI is InChI=1S/C6H12NO/c1-8-5-3-6-2-4-7-6/h6H,2-5H2,1H3. The van der Waals surface area contributed by atoms with Crippen LogP contribution in [0.15, 0.2) is 0 Å². The van der Waals surface area contributed by atoms with Crippen LogP contribution in [0.4, 0.5) is 0 Å². The molecule has 1 saturated heterocycles. The number of hydrogen-bond acceptors (Lipinski definition) is 1. The number of ether oxygens (including phenoxy) is 1. The minimum absolute atomic E-state index is 0.634. The van der Waals surface area contributed by atoms with Crippen molar-refractivity contribution in [3.63, 3.8) is 0 Å². The van der Waals surface area contributed by atoms with Crippen molar-refractivity contribution in [2.24, 2.45) is 0 Å². The summed E-state index contributed by atoms with van der Waals surface area (Å²) in [5.74, 6) is 0. The first-order chi connectivity index (χ1) is 3.93. The molecule has 1 radical (unpaired) electrons. The molecule has 2 heteroatoms. The van der Waals surface area contributed by atoms with Crippen molar-refractivity contribution in [1.29, 1.82) is 0 Å². The monoisotopic (exact) mass is 114 g/mol. The van der Waals surface area contributed by atoms with Gasteiger partial charge in [-0.15, -0.1) is 0 Å². The Labute approximate surface area is 50.2 Å². The minimum atomic E-state index is 0.634. The number of nitrogens with zero attached hydrogens (tertiary/aromatic N) is 1. The first-order valence-corrected chi connectivity index (χ1v) is 3.09. The van der Waals surface area contributed by atoms with E-state index in [9.17, 15) is 0 Å². The molecule has 1 atom stereocenters. The predicted octanol–water partition coefficient (Wildman–Crippen LogP) is 0.400. The van der Waals surface area contributed by atoms with Crippen LogP contribution in [0.2, 0.25) is 0 Å². The van der Waals surface area contributed by atoms with E-state index in [1.807, 2.05) is 0 Å². The molecule has 1 aliphatic rings. The summed E-state index contributed by atoms with van der Waals surface area (Å²) in [6, 6.07) is 0.634. The van der Waals surface area contributed by atoms with Gasteiger partial charge in [0.1, 0.15) is 0 Å². The Morgan fingerprint density at radius 1 is 1.75 bits per heavy atom. The zero-order valence-corrected chi connectivity index (χ0v) is 5.26. The first-order valence-electron chi connectivity index (χ1n) is 3.09. The third kappa shape index (κ3) is 1.46. The lowest BCUT2D eigenvalue weighted by molar-refractivity contribution is 0.168. The van der Waals surface area contributed by atoms with Crippen LogP contribution in [-0.2, 0) is 4.74 Å². The molecule has 1 rings (SSSR count). The topological polar surface area (TPSA) is 23.3 Å². The average molecular weight is 114 g/mol. The summed E-state index contributed by atoms with van der Waals surface area (Å²) in [5.41, 5.74) is 0. The van der Waals surface area contributed by atoms with Crippen molar-refractivity contribution in [3.8, 4) is 0 Å². The van der Waals surface area contributed by atoms with E-state index in [2.05, 4.69) is 5.32 Å². The average Bonchev–Trinajstić information content (AvgIpc) is 1.63. The Balaban J connectivity index is 1.86. The summed E-state index contributed by atoms with van der Waals surface area (Å²) < 4.78 is 4.89. The van der Waals surface area contributed by atoms with Gasteiger partial charge in [-0.1, -0.05) is 0 Å². The lowest BCUT2D eigenvalue weighted by atomic mass is 10.1. The second-order valence-corrected chi connectivity index (χ2v) is 2.13. The summed E-state index contributed by atoms with van der Waals surface area (Å²) >= 11 is 0. The molecule has 0 amide bonds. The molecule has 0 bridgehead atoms. The van der Waals surface area contributed by atoms with E-state index >= 15 is 0 Å². The highest BCUT2D eigenvalue weighted by Crippen LogP contribution is 2.07. The van der Waals surface area contributed by atoms with Gasteiger partial charge in [0, 0.05) is 26.3 Å². The molecular formula is C6H12NO. The maximum absolute atomic E-state index is 4.89. The quantitative estimate of drug-likeness (QED) is 0.521. The van der Waals surface area contributed by atoms with Gasteiger partial charge in [-0.25, -0.2) is 5.32 Å². The van der Waals surface area contributed by atoms with Crippen LogP contribution < -0.4 is 5.32 Å². The molecule has 0 aromatic rings. The van der Waals surface area contributed by atoms with Gasteiger partial charge >= 0.3 is 0 Å². The number of rotatable bonds is 3. The molecule has 0 spiro atoms. The molecule has 47 valence electrons. The number of methoxy groups -OCH3 is 1. The van der Waals surface area contributed by atoms with Crippen LogP contribution in [0.5, 0.6) is 0 Å². The van der Waals surface area contributed by atoms with E-state index in [-0.39, 0.29) is 0 Å². The Hall–Kier alpha value is -0.0800. The second kappa shape index (κ2) is 3.05. The normalized spacial score (nSPS) is 27.4. The zero-order chi connectivity index (χ0) is 5.82. The van der Waals surface area contributed by atoms with Crippen LogP contribution >= 0.6 is 0 Å². The molecule has 1 heterocycles. The van der Waals surface area contributed by atoms with Crippen LogP contribution in [0.1, 0.15) is 12.8 Å². The fourth-order valence-electron chi connectivity index (χ4n) is 0.801. The fraction of sp³-hybridized carbons (Fsp3) is 1.00. The second-order valence-electron chi connectivity index (χ2n) is 2.13. The highest BCUT2D eigenvalue weighted by molar-refractivity contribution is 4.75. The Kier molecular flexibility index (Phi) is 2.30. The highest BCUT2D eigenvalue weighted by atomic mass is 16.5. The zero-order valence-electron chi connectivity index (χ0n) is 5.26. The van der Waals surface area contributed by atoms with Gasteiger partial charge in [0.15, 0.2) is 0 Å². The smallest absolute Gasteiger partial charge is 0.0477 e. The van der Waals surface area contributed by atoms with Gasteiger partial charge in [-0.3, -0.25) is 0 Å². The van der Waals surface area contributed by atoms with Crippen molar-refractivity contribution < 1.29 is 4.74 Å². The predicted molar refractivity (Wildman–Crippen MR) is 31.9 cm³/mol. The van der Waals surface area contributed by atoms with Crippen LogP contribution in [0.3, 0.4) is 0 Å². The van der Waals surface area contributed by atoms with Gasteiger partial charge in [-0.05, 0) is 12.8 Å². The molecule has 8 heavy (non-hydrogen) atoms. The van der Waals surface area contributed by atoms with Gasteiger partial charge < -0.3 is 4.74 Å². The molecule has 1 fully saturated rings. The Bertz CT molecular complexity index is 61.5.